The van der Waals surface area contributed by atoms with Crippen molar-refractivity contribution in [2.75, 3.05) is 39.3 Å². The summed E-state index contributed by atoms with van der Waals surface area (Å²) < 4.78 is 6.05. The molecule has 3 rings (SSSR count). The van der Waals surface area contributed by atoms with E-state index in [9.17, 15) is 9.90 Å². The zero-order chi connectivity index (χ0) is 18.5. The number of β-amino-alcohol motifs (C(OH)–C–C–N with tert-alkyl or cyclic N) is 1. The van der Waals surface area contributed by atoms with Crippen molar-refractivity contribution in [3.05, 3.63) is 29.8 Å². The van der Waals surface area contributed by atoms with Crippen molar-refractivity contribution < 1.29 is 19.7 Å². The highest BCUT2D eigenvalue weighted by Crippen LogP contribution is 2.22. The van der Waals surface area contributed by atoms with Gasteiger partial charge in [0.2, 0.25) is 0 Å². The molecule has 0 saturated carbocycles. The van der Waals surface area contributed by atoms with E-state index in [1.54, 1.807) is 0 Å². The molecule has 0 bridgehead atoms. The predicted molar refractivity (Wildman–Crippen MR) is 99.3 cm³/mol. The fourth-order valence-electron chi connectivity index (χ4n) is 3.74. The van der Waals surface area contributed by atoms with Crippen LogP contribution in [0.25, 0.3) is 0 Å². The molecule has 0 aliphatic carbocycles. The molecule has 2 heterocycles. The van der Waals surface area contributed by atoms with Crippen molar-refractivity contribution in [1.82, 2.24) is 9.80 Å². The largest absolute Gasteiger partial charge is 0.490 e. The first kappa shape index (κ1) is 19.1. The molecule has 1 aromatic carbocycles. The fraction of sp³-hybridized carbons (Fsp3) is 0.650. The molecule has 2 aliphatic rings. The van der Waals surface area contributed by atoms with E-state index >= 15 is 0 Å². The number of carbonyl (C=O) groups is 1. The summed E-state index contributed by atoms with van der Waals surface area (Å²) >= 11 is 0. The third-order valence-electron chi connectivity index (χ3n) is 5.33. The molecule has 2 unspecified atom stereocenters. The van der Waals surface area contributed by atoms with Gasteiger partial charge in [0, 0.05) is 38.3 Å². The van der Waals surface area contributed by atoms with Gasteiger partial charge in [0.15, 0.2) is 0 Å². The van der Waals surface area contributed by atoms with Gasteiger partial charge < -0.3 is 24.7 Å². The number of rotatable bonds is 6. The number of amides is 1. The molecule has 2 saturated heterocycles. The second-order valence-electron chi connectivity index (χ2n) is 7.62. The van der Waals surface area contributed by atoms with Gasteiger partial charge in [0.25, 0.3) is 5.91 Å². The van der Waals surface area contributed by atoms with Crippen molar-refractivity contribution in [2.24, 2.45) is 5.92 Å². The van der Waals surface area contributed by atoms with E-state index in [1.807, 2.05) is 29.2 Å². The van der Waals surface area contributed by atoms with Crippen molar-refractivity contribution in [3.8, 4) is 5.75 Å². The van der Waals surface area contributed by atoms with E-state index in [0.29, 0.717) is 12.5 Å². The van der Waals surface area contributed by atoms with Crippen LogP contribution in [0.3, 0.4) is 0 Å². The Morgan fingerprint density at radius 2 is 1.88 bits per heavy atom. The van der Waals surface area contributed by atoms with E-state index < -0.39 is 6.10 Å². The van der Waals surface area contributed by atoms with Gasteiger partial charge in [-0.05, 0) is 49.4 Å². The first-order chi connectivity index (χ1) is 12.5. The third kappa shape index (κ3) is 4.96. The van der Waals surface area contributed by atoms with Crippen LogP contribution in [-0.2, 0) is 0 Å². The van der Waals surface area contributed by atoms with Gasteiger partial charge in [-0.1, -0.05) is 6.92 Å². The van der Waals surface area contributed by atoms with Gasteiger partial charge in [0.1, 0.15) is 11.9 Å². The number of ether oxygens (including phenoxy) is 1. The van der Waals surface area contributed by atoms with Gasteiger partial charge >= 0.3 is 0 Å². The average Bonchev–Trinajstić information content (AvgIpc) is 3.09. The molecule has 0 aromatic heterocycles. The van der Waals surface area contributed by atoms with Crippen molar-refractivity contribution >= 4 is 5.91 Å². The molecule has 0 spiro atoms. The lowest BCUT2D eigenvalue weighted by Crippen LogP contribution is -2.42. The van der Waals surface area contributed by atoms with E-state index in [1.165, 1.54) is 0 Å². The van der Waals surface area contributed by atoms with Crippen LogP contribution >= 0.6 is 0 Å². The summed E-state index contributed by atoms with van der Waals surface area (Å²) in [6.07, 6.45) is 2.35. The Kier molecular flexibility index (Phi) is 6.51. The number of aliphatic hydroxyl groups is 2. The van der Waals surface area contributed by atoms with E-state index in [4.69, 9.17) is 9.84 Å². The summed E-state index contributed by atoms with van der Waals surface area (Å²) in [5.41, 5.74) is 0.722. The van der Waals surface area contributed by atoms with E-state index in [0.717, 1.165) is 56.8 Å². The molecule has 2 atom stereocenters. The summed E-state index contributed by atoms with van der Waals surface area (Å²) in [6, 6.07) is 7.48. The number of piperidine rings is 1. The van der Waals surface area contributed by atoms with Crippen LogP contribution in [0.2, 0.25) is 0 Å². The highest BCUT2D eigenvalue weighted by atomic mass is 16.5. The number of hydrogen-bond donors (Lipinski definition) is 2. The Hall–Kier alpha value is -1.63. The summed E-state index contributed by atoms with van der Waals surface area (Å²) in [5.74, 6) is 1.49. The molecule has 2 fully saturated rings. The highest BCUT2D eigenvalue weighted by Gasteiger charge is 2.25. The SMILES string of the molecule is CC1CCN(C(=O)c2ccc(OC3CCN(CC(O)CO)CC3)cc2)C1. The summed E-state index contributed by atoms with van der Waals surface area (Å²) in [4.78, 5) is 16.6. The molecule has 6 heteroatoms. The van der Waals surface area contributed by atoms with Crippen LogP contribution in [-0.4, -0.2) is 77.5 Å². The molecule has 6 nitrogen and oxygen atoms in total. The summed E-state index contributed by atoms with van der Waals surface area (Å²) in [5, 5.41) is 18.4. The van der Waals surface area contributed by atoms with Gasteiger partial charge in [-0.25, -0.2) is 0 Å². The molecule has 0 radical (unpaired) electrons. The molecule has 1 amide bonds. The second kappa shape index (κ2) is 8.84. The lowest BCUT2D eigenvalue weighted by Gasteiger charge is -2.33. The number of nitrogens with zero attached hydrogens (tertiary/aromatic N) is 2. The minimum absolute atomic E-state index is 0.108. The van der Waals surface area contributed by atoms with Crippen molar-refractivity contribution in [2.45, 2.75) is 38.4 Å². The predicted octanol–water partition coefficient (Wildman–Crippen LogP) is 1.36. The maximum Gasteiger partial charge on any atom is 0.253 e. The molecule has 1 aromatic rings. The molecule has 2 aliphatic heterocycles. The quantitative estimate of drug-likeness (QED) is 0.800. The van der Waals surface area contributed by atoms with Gasteiger partial charge in [0.05, 0.1) is 12.7 Å². The average molecular weight is 362 g/mol. The number of likely N-dealkylation sites (tertiary alicyclic amines) is 2. The maximum atomic E-state index is 12.5. The molecule has 2 N–H and O–H groups in total. The van der Waals surface area contributed by atoms with Crippen molar-refractivity contribution in [3.63, 3.8) is 0 Å². The summed E-state index contributed by atoms with van der Waals surface area (Å²) in [6.45, 7) is 5.90. The topological polar surface area (TPSA) is 73.2 Å². The number of aliphatic hydroxyl groups excluding tert-OH is 2. The molecular formula is C20H30N2O4. The Labute approximate surface area is 155 Å². The van der Waals surface area contributed by atoms with E-state index in [-0.39, 0.29) is 18.6 Å². The van der Waals surface area contributed by atoms with Gasteiger partial charge in [-0.3, -0.25) is 4.79 Å². The Morgan fingerprint density at radius 3 is 2.46 bits per heavy atom. The Morgan fingerprint density at radius 1 is 1.19 bits per heavy atom. The van der Waals surface area contributed by atoms with Crippen LogP contribution < -0.4 is 4.74 Å². The van der Waals surface area contributed by atoms with Crippen LogP contribution in [0.5, 0.6) is 5.75 Å². The lowest BCUT2D eigenvalue weighted by molar-refractivity contribution is 0.0346. The smallest absolute Gasteiger partial charge is 0.253 e. The minimum atomic E-state index is -0.670. The lowest BCUT2D eigenvalue weighted by atomic mass is 10.1. The zero-order valence-electron chi connectivity index (χ0n) is 15.5. The van der Waals surface area contributed by atoms with Crippen LogP contribution in [0.4, 0.5) is 0 Å². The molecular weight excluding hydrogens is 332 g/mol. The number of hydrogen-bond acceptors (Lipinski definition) is 5. The normalized spacial score (nSPS) is 23.2. The Balaban J connectivity index is 1.47. The monoisotopic (exact) mass is 362 g/mol. The minimum Gasteiger partial charge on any atom is -0.490 e. The highest BCUT2D eigenvalue weighted by molar-refractivity contribution is 5.94. The first-order valence-corrected chi connectivity index (χ1v) is 9.62. The van der Waals surface area contributed by atoms with Crippen LogP contribution in [0, 0.1) is 5.92 Å². The van der Waals surface area contributed by atoms with Crippen LogP contribution in [0.15, 0.2) is 24.3 Å². The Bertz CT molecular complexity index is 584. The third-order valence-corrected chi connectivity index (χ3v) is 5.33. The molecule has 26 heavy (non-hydrogen) atoms. The van der Waals surface area contributed by atoms with Crippen LogP contribution in [0.1, 0.15) is 36.5 Å². The van der Waals surface area contributed by atoms with E-state index in [2.05, 4.69) is 11.8 Å². The number of benzene rings is 1. The maximum absolute atomic E-state index is 12.5. The first-order valence-electron chi connectivity index (χ1n) is 9.62. The molecule has 144 valence electrons. The fourth-order valence-corrected chi connectivity index (χ4v) is 3.74. The number of carbonyl (C=O) groups excluding carboxylic acids is 1. The zero-order valence-corrected chi connectivity index (χ0v) is 15.5. The van der Waals surface area contributed by atoms with Gasteiger partial charge in [-0.15, -0.1) is 0 Å². The summed E-state index contributed by atoms with van der Waals surface area (Å²) in [7, 11) is 0. The van der Waals surface area contributed by atoms with Gasteiger partial charge in [-0.2, -0.15) is 0 Å². The standard InChI is InChI=1S/C20H30N2O4/c1-15-6-11-22(12-15)20(25)16-2-4-18(5-3-16)26-19-7-9-21(10-8-19)13-17(24)14-23/h2-5,15,17,19,23-24H,6-14H2,1H3. The van der Waals surface area contributed by atoms with Crippen molar-refractivity contribution in [1.29, 1.82) is 0 Å². The second-order valence-corrected chi connectivity index (χ2v) is 7.62.